The van der Waals surface area contributed by atoms with Crippen LogP contribution in [-0.2, 0) is 27.5 Å². The smallest absolute Gasteiger partial charge is 0.411 e. The Morgan fingerprint density at radius 1 is 1.00 bits per heavy atom. The summed E-state index contributed by atoms with van der Waals surface area (Å²) in [6.07, 6.45) is 1.19. The summed E-state index contributed by atoms with van der Waals surface area (Å²) in [5.41, 5.74) is 0.349. The van der Waals surface area contributed by atoms with Crippen LogP contribution in [0.15, 0.2) is 54.6 Å². The quantitative estimate of drug-likeness (QED) is 0.504. The van der Waals surface area contributed by atoms with E-state index in [0.29, 0.717) is 45.1 Å². The summed E-state index contributed by atoms with van der Waals surface area (Å²) in [7, 11) is 0. The normalized spacial score (nSPS) is 26.7. The number of rotatable bonds is 8. The van der Waals surface area contributed by atoms with Crippen molar-refractivity contribution in [3.63, 3.8) is 0 Å². The first-order valence-corrected chi connectivity index (χ1v) is 14.1. The maximum absolute atomic E-state index is 14.1. The van der Waals surface area contributed by atoms with Crippen LogP contribution in [0.4, 0.5) is 13.6 Å². The lowest BCUT2D eigenvalue weighted by Gasteiger charge is -2.56. The van der Waals surface area contributed by atoms with Gasteiger partial charge in [-0.3, -0.25) is 14.5 Å². The molecule has 1 heterocycles. The molecule has 1 aliphatic heterocycles. The van der Waals surface area contributed by atoms with Gasteiger partial charge in [0.25, 0.3) is 0 Å². The van der Waals surface area contributed by atoms with E-state index >= 15 is 0 Å². The van der Waals surface area contributed by atoms with E-state index in [1.54, 1.807) is 12.1 Å². The Bertz CT molecular complexity index is 1290. The third-order valence-electron chi connectivity index (χ3n) is 9.07. The molecule has 4 fully saturated rings. The lowest BCUT2D eigenvalue weighted by Crippen LogP contribution is -2.63. The van der Waals surface area contributed by atoms with Crippen LogP contribution in [0.25, 0.3) is 0 Å². The summed E-state index contributed by atoms with van der Waals surface area (Å²) < 4.78 is 33.0. The summed E-state index contributed by atoms with van der Waals surface area (Å²) in [5, 5.41) is 12.4. The molecule has 3 aliphatic carbocycles. The van der Waals surface area contributed by atoms with Crippen LogP contribution in [0.3, 0.4) is 0 Å². The zero-order valence-corrected chi connectivity index (χ0v) is 22.9. The van der Waals surface area contributed by atoms with Crippen molar-refractivity contribution in [1.82, 2.24) is 15.1 Å². The number of nitrogens with zero attached hydrogens (tertiary/aromatic N) is 3. The minimum Gasteiger partial charge on any atom is -0.445 e. The second-order valence-corrected chi connectivity index (χ2v) is 11.5. The van der Waals surface area contributed by atoms with E-state index in [9.17, 15) is 28.4 Å². The molecule has 41 heavy (non-hydrogen) atoms. The number of halogens is 2. The highest BCUT2D eigenvalue weighted by Gasteiger charge is 2.56. The molecular formula is C31H34F2N4O4. The molecule has 2 atom stereocenters. The van der Waals surface area contributed by atoms with E-state index in [4.69, 9.17) is 4.74 Å². The Labute approximate surface area is 238 Å². The number of carbonyl (C=O) groups is 3. The van der Waals surface area contributed by atoms with Crippen LogP contribution in [0.1, 0.15) is 56.1 Å². The van der Waals surface area contributed by atoms with Crippen molar-refractivity contribution >= 4 is 17.9 Å². The fourth-order valence-electron chi connectivity index (χ4n) is 6.52. The number of carbonyl (C=O) groups excluding carboxylic acids is 3. The van der Waals surface area contributed by atoms with Gasteiger partial charge in [-0.1, -0.05) is 42.5 Å². The van der Waals surface area contributed by atoms with Gasteiger partial charge in [0.2, 0.25) is 11.8 Å². The molecule has 1 saturated heterocycles. The largest absolute Gasteiger partial charge is 0.445 e. The summed E-state index contributed by atoms with van der Waals surface area (Å²) >= 11 is 0. The number of fused-ring (bicyclic) bond motifs is 3. The Morgan fingerprint density at radius 3 is 2.29 bits per heavy atom. The predicted molar refractivity (Wildman–Crippen MR) is 145 cm³/mol. The third-order valence-corrected chi connectivity index (χ3v) is 9.07. The SMILES string of the molecule is N#C[C@@H]1C[C@H](F)CN1C(=O)CN(C(=O)OCc1ccccc1)C12CCC(C(=O)NCc3ccc(F)cc3)(CC1)CC2. The number of likely N-dealkylation sites (tertiary alicyclic amines) is 1. The topological polar surface area (TPSA) is 103 Å². The second kappa shape index (κ2) is 11.9. The minimum absolute atomic E-state index is 0.0350. The molecule has 6 rings (SSSR count). The molecule has 2 aromatic rings. The molecule has 10 heteroatoms. The highest BCUT2D eigenvalue weighted by molar-refractivity contribution is 5.85. The van der Waals surface area contributed by atoms with E-state index in [1.165, 1.54) is 21.9 Å². The third kappa shape index (κ3) is 6.04. The molecule has 2 bridgehead atoms. The first kappa shape index (κ1) is 28.5. The number of ether oxygens (including phenoxy) is 1. The predicted octanol–water partition coefficient (Wildman–Crippen LogP) is 4.64. The summed E-state index contributed by atoms with van der Waals surface area (Å²) in [6.45, 7) is -0.159. The second-order valence-electron chi connectivity index (χ2n) is 11.5. The number of nitriles is 1. The maximum atomic E-state index is 14.1. The van der Waals surface area contributed by atoms with Crippen LogP contribution >= 0.6 is 0 Å². The lowest BCUT2D eigenvalue weighted by molar-refractivity contribution is -0.145. The Hall–Kier alpha value is -4.00. The van der Waals surface area contributed by atoms with Crippen LogP contribution in [0, 0.1) is 22.6 Å². The van der Waals surface area contributed by atoms with Crippen molar-refractivity contribution in [3.05, 3.63) is 71.5 Å². The van der Waals surface area contributed by atoms with Gasteiger partial charge in [-0.05, 0) is 61.8 Å². The fourth-order valence-corrected chi connectivity index (χ4v) is 6.52. The number of benzene rings is 2. The van der Waals surface area contributed by atoms with Crippen molar-refractivity contribution in [1.29, 1.82) is 5.26 Å². The van der Waals surface area contributed by atoms with Crippen LogP contribution in [-0.4, -0.2) is 58.5 Å². The van der Waals surface area contributed by atoms with Gasteiger partial charge in [0, 0.05) is 23.9 Å². The zero-order valence-electron chi connectivity index (χ0n) is 22.9. The highest BCUT2D eigenvalue weighted by atomic mass is 19.1. The molecule has 3 saturated carbocycles. The van der Waals surface area contributed by atoms with Gasteiger partial charge in [0.05, 0.1) is 12.6 Å². The summed E-state index contributed by atoms with van der Waals surface area (Å²) in [4.78, 5) is 42.9. The van der Waals surface area contributed by atoms with Crippen molar-refractivity contribution in [2.24, 2.45) is 5.41 Å². The zero-order chi connectivity index (χ0) is 29.0. The summed E-state index contributed by atoms with van der Waals surface area (Å²) in [5.74, 6) is -0.883. The van der Waals surface area contributed by atoms with Gasteiger partial charge in [-0.2, -0.15) is 5.26 Å². The van der Waals surface area contributed by atoms with Crippen molar-refractivity contribution in [2.45, 2.75) is 75.8 Å². The van der Waals surface area contributed by atoms with Crippen molar-refractivity contribution < 1.29 is 27.9 Å². The number of alkyl halides is 1. The fraction of sp³-hybridized carbons (Fsp3) is 0.484. The molecule has 2 aromatic carbocycles. The monoisotopic (exact) mass is 564 g/mol. The van der Waals surface area contributed by atoms with Gasteiger partial charge in [0.1, 0.15) is 31.2 Å². The maximum Gasteiger partial charge on any atom is 0.411 e. The van der Waals surface area contributed by atoms with E-state index in [0.717, 1.165) is 11.1 Å². The molecule has 0 radical (unpaired) electrons. The average Bonchev–Trinajstić information content (AvgIpc) is 3.40. The molecule has 216 valence electrons. The Kier molecular flexibility index (Phi) is 8.25. The van der Waals surface area contributed by atoms with E-state index in [-0.39, 0.29) is 37.8 Å². The van der Waals surface area contributed by atoms with E-state index in [1.807, 2.05) is 36.4 Å². The van der Waals surface area contributed by atoms with Crippen molar-refractivity contribution in [3.8, 4) is 6.07 Å². The lowest BCUT2D eigenvalue weighted by atomic mass is 9.56. The standard InChI is InChI=1S/C31H34F2N4O4/c32-24-8-6-22(7-9-24)18-35-28(39)30-10-13-31(14-11-30,15-12-30)37(29(40)41-21-23-4-2-1-3-5-23)20-27(38)36-19-25(33)16-26(36)17-34/h1-9,25-26H,10-16,18-21H2,(H,35,39)/t25-,26-,30?,31?/m0/s1. The highest BCUT2D eigenvalue weighted by Crippen LogP contribution is 2.55. The summed E-state index contributed by atoms with van der Waals surface area (Å²) in [6, 6.07) is 16.3. The van der Waals surface area contributed by atoms with Crippen molar-refractivity contribution in [2.75, 3.05) is 13.1 Å². The number of amides is 3. The average molecular weight is 565 g/mol. The van der Waals surface area contributed by atoms with Gasteiger partial charge in [-0.25, -0.2) is 13.6 Å². The number of nitrogens with one attached hydrogen (secondary N) is 1. The number of hydrogen-bond donors (Lipinski definition) is 1. The first-order chi connectivity index (χ1) is 19.7. The molecular weight excluding hydrogens is 530 g/mol. The number of hydrogen-bond acceptors (Lipinski definition) is 5. The van der Waals surface area contributed by atoms with Gasteiger partial charge in [-0.15, -0.1) is 0 Å². The Morgan fingerprint density at radius 2 is 1.66 bits per heavy atom. The molecule has 1 N–H and O–H groups in total. The molecule has 3 amide bonds. The molecule has 0 aromatic heterocycles. The molecule has 8 nitrogen and oxygen atoms in total. The van der Waals surface area contributed by atoms with Crippen LogP contribution in [0.5, 0.6) is 0 Å². The Balaban J connectivity index is 1.29. The van der Waals surface area contributed by atoms with Gasteiger partial charge < -0.3 is 15.0 Å². The first-order valence-electron chi connectivity index (χ1n) is 14.1. The minimum atomic E-state index is -1.28. The van der Waals surface area contributed by atoms with Crippen LogP contribution in [0.2, 0.25) is 0 Å². The van der Waals surface area contributed by atoms with Crippen LogP contribution < -0.4 is 5.32 Å². The molecule has 0 unspecified atom stereocenters. The molecule has 4 aliphatic rings. The van der Waals surface area contributed by atoms with Gasteiger partial charge in [0.15, 0.2) is 0 Å². The van der Waals surface area contributed by atoms with E-state index < -0.39 is 35.2 Å². The van der Waals surface area contributed by atoms with Gasteiger partial charge >= 0.3 is 6.09 Å². The van der Waals surface area contributed by atoms with E-state index in [2.05, 4.69) is 5.32 Å². The molecule has 0 spiro atoms.